The van der Waals surface area contributed by atoms with Crippen molar-refractivity contribution in [3.63, 3.8) is 0 Å². The number of sulfonamides is 1. The Balaban J connectivity index is 3.49. The Bertz CT molecular complexity index is 688. The van der Waals surface area contributed by atoms with Gasteiger partial charge in [0.05, 0.1) is 15.4 Å². The van der Waals surface area contributed by atoms with Crippen molar-refractivity contribution in [2.24, 2.45) is 0 Å². The fraction of sp³-hybridized carbons (Fsp3) is 0.273. The van der Waals surface area contributed by atoms with E-state index in [0.717, 1.165) is 6.07 Å². The largest absolute Gasteiger partial charge is 0.309 e. The van der Waals surface area contributed by atoms with Gasteiger partial charge in [-0.2, -0.15) is 4.39 Å². The van der Waals surface area contributed by atoms with Gasteiger partial charge in [0.15, 0.2) is 0 Å². The second-order valence-corrected chi connectivity index (χ2v) is 6.32. The first-order valence-electron chi connectivity index (χ1n) is 5.35. The second-order valence-electron chi connectivity index (χ2n) is 4.08. The lowest BCUT2D eigenvalue weighted by atomic mass is 10.1. The molecule has 0 aliphatic carbocycles. The van der Waals surface area contributed by atoms with Crippen LogP contribution in [0.15, 0.2) is 22.6 Å². The average Bonchev–Trinajstić information content (AvgIpc) is 2.24. The molecule has 0 spiro atoms. The summed E-state index contributed by atoms with van der Waals surface area (Å²) in [5.41, 5.74) is -1.06. The van der Waals surface area contributed by atoms with Crippen LogP contribution in [0.1, 0.15) is 11.1 Å². The number of benzene rings is 1. The molecule has 0 saturated heterocycles. The molecule has 6 nitrogen and oxygen atoms in total. The summed E-state index contributed by atoms with van der Waals surface area (Å²) in [7, 11) is -4.06. The number of nitro benzene ring substituents is 1. The van der Waals surface area contributed by atoms with Gasteiger partial charge in [0, 0.05) is 11.6 Å². The summed E-state index contributed by atoms with van der Waals surface area (Å²) in [4.78, 5) is 9.53. The third kappa shape index (κ3) is 3.33. The predicted octanol–water partition coefficient (Wildman–Crippen LogP) is 2.38. The Morgan fingerprint density at radius 3 is 2.55 bits per heavy atom. The van der Waals surface area contributed by atoms with E-state index in [4.69, 9.17) is 11.6 Å². The lowest BCUT2D eigenvalue weighted by Crippen LogP contribution is -2.26. The van der Waals surface area contributed by atoms with E-state index in [2.05, 4.69) is 11.3 Å². The zero-order chi connectivity index (χ0) is 15.7. The van der Waals surface area contributed by atoms with Gasteiger partial charge in [0.1, 0.15) is 0 Å². The minimum atomic E-state index is -4.06. The van der Waals surface area contributed by atoms with Crippen LogP contribution in [0, 0.1) is 29.8 Å². The molecule has 1 N–H and O–H groups in total. The maximum atomic E-state index is 13.6. The third-order valence-corrected chi connectivity index (χ3v) is 4.35. The maximum absolute atomic E-state index is 13.6. The van der Waals surface area contributed by atoms with Crippen molar-refractivity contribution in [2.45, 2.75) is 18.7 Å². The highest BCUT2D eigenvalue weighted by Gasteiger charge is 2.29. The van der Waals surface area contributed by atoms with Crippen molar-refractivity contribution in [3.05, 3.63) is 44.7 Å². The van der Waals surface area contributed by atoms with Crippen LogP contribution in [0.2, 0.25) is 0 Å². The predicted molar refractivity (Wildman–Crippen MR) is 72.7 cm³/mol. The number of hydrogen-bond acceptors (Lipinski definition) is 4. The van der Waals surface area contributed by atoms with Gasteiger partial charge in [-0.05, 0) is 25.5 Å². The van der Waals surface area contributed by atoms with Crippen LogP contribution in [0.4, 0.5) is 10.1 Å². The molecule has 0 atom stereocenters. The molecule has 0 aliphatic rings. The molecular formula is C11H12ClFN2O4S. The molecule has 0 aliphatic heterocycles. The smallest absolute Gasteiger partial charge is 0.258 e. The Labute approximate surface area is 120 Å². The number of nitro groups is 1. The van der Waals surface area contributed by atoms with Crippen LogP contribution in [0.25, 0.3) is 0 Å². The van der Waals surface area contributed by atoms with E-state index in [1.54, 1.807) is 0 Å². The van der Waals surface area contributed by atoms with Crippen LogP contribution in [-0.4, -0.2) is 19.9 Å². The molecule has 0 heterocycles. The highest BCUT2D eigenvalue weighted by Crippen LogP contribution is 2.31. The molecule has 1 aromatic rings. The van der Waals surface area contributed by atoms with Crippen LogP contribution in [0.3, 0.4) is 0 Å². The molecule has 9 heteroatoms. The average molecular weight is 323 g/mol. The summed E-state index contributed by atoms with van der Waals surface area (Å²) in [5, 5.41) is 10.9. The minimum Gasteiger partial charge on any atom is -0.258 e. The summed E-state index contributed by atoms with van der Waals surface area (Å²) >= 11 is 5.47. The number of rotatable bonds is 5. The lowest BCUT2D eigenvalue weighted by molar-refractivity contribution is -0.388. The molecule has 0 amide bonds. The molecule has 0 radical (unpaired) electrons. The molecule has 1 aromatic carbocycles. The minimum absolute atomic E-state index is 0.0560. The maximum Gasteiger partial charge on any atom is 0.309 e. The zero-order valence-corrected chi connectivity index (χ0v) is 12.3. The highest BCUT2D eigenvalue weighted by atomic mass is 35.5. The van der Waals surface area contributed by atoms with E-state index in [-0.39, 0.29) is 27.6 Å². The number of nitrogens with zero attached hydrogens (tertiary/aromatic N) is 1. The Hall–Kier alpha value is -1.51. The van der Waals surface area contributed by atoms with Crippen molar-refractivity contribution in [1.82, 2.24) is 4.72 Å². The van der Waals surface area contributed by atoms with Gasteiger partial charge in [-0.3, -0.25) is 10.1 Å². The molecule has 1 rings (SSSR count). The highest BCUT2D eigenvalue weighted by molar-refractivity contribution is 7.89. The molecule has 0 saturated carbocycles. The van der Waals surface area contributed by atoms with Gasteiger partial charge in [-0.25, -0.2) is 13.1 Å². The van der Waals surface area contributed by atoms with Crippen molar-refractivity contribution in [2.75, 3.05) is 6.54 Å². The van der Waals surface area contributed by atoms with Gasteiger partial charge in [0.25, 0.3) is 0 Å². The first kappa shape index (κ1) is 16.5. The second kappa shape index (κ2) is 5.86. The van der Waals surface area contributed by atoms with Gasteiger partial charge in [-0.15, -0.1) is 0 Å². The van der Waals surface area contributed by atoms with Crippen molar-refractivity contribution in [1.29, 1.82) is 0 Å². The lowest BCUT2D eigenvalue weighted by Gasteiger charge is -2.12. The van der Waals surface area contributed by atoms with Gasteiger partial charge in [0.2, 0.25) is 15.8 Å². The van der Waals surface area contributed by atoms with Crippen molar-refractivity contribution < 1.29 is 17.7 Å². The normalized spacial score (nSPS) is 11.4. The monoisotopic (exact) mass is 322 g/mol. The van der Waals surface area contributed by atoms with Crippen LogP contribution in [-0.2, 0) is 10.0 Å². The summed E-state index contributed by atoms with van der Waals surface area (Å²) in [5.74, 6) is -1.08. The summed E-state index contributed by atoms with van der Waals surface area (Å²) in [6, 6.07) is 0.815. The number of halogens is 2. The van der Waals surface area contributed by atoms with Crippen LogP contribution >= 0.6 is 11.6 Å². The molecule has 0 fully saturated rings. The van der Waals surface area contributed by atoms with Crippen molar-refractivity contribution >= 4 is 27.3 Å². The first-order valence-corrected chi connectivity index (χ1v) is 7.21. The number of aryl methyl sites for hydroxylation is 1. The quantitative estimate of drug-likeness (QED) is 0.665. The summed E-state index contributed by atoms with van der Waals surface area (Å²) in [6.45, 7) is 5.63. The number of hydrogen-bond donors (Lipinski definition) is 1. The molecule has 0 aromatic heterocycles. The molecule has 20 heavy (non-hydrogen) atoms. The Kier molecular flexibility index (Phi) is 4.85. The zero-order valence-electron chi connectivity index (χ0n) is 10.7. The van der Waals surface area contributed by atoms with E-state index in [9.17, 15) is 22.9 Å². The fourth-order valence-electron chi connectivity index (χ4n) is 1.79. The van der Waals surface area contributed by atoms with Crippen LogP contribution in [0.5, 0.6) is 0 Å². The third-order valence-electron chi connectivity index (χ3n) is 2.53. The van der Waals surface area contributed by atoms with E-state index < -0.39 is 26.5 Å². The van der Waals surface area contributed by atoms with E-state index in [1.165, 1.54) is 13.8 Å². The first-order chi connectivity index (χ1) is 9.08. The SMILES string of the molecule is C=C(Cl)CNS(=O)(=O)c1c(C)cc(F)c([N+](=O)[O-])c1C. The molecular weight excluding hydrogens is 311 g/mol. The van der Waals surface area contributed by atoms with Gasteiger partial charge >= 0.3 is 5.69 Å². The molecule has 0 bridgehead atoms. The van der Waals surface area contributed by atoms with E-state index in [0.29, 0.717) is 0 Å². The Morgan fingerprint density at radius 2 is 2.10 bits per heavy atom. The Morgan fingerprint density at radius 1 is 1.55 bits per heavy atom. The molecule has 110 valence electrons. The van der Waals surface area contributed by atoms with E-state index >= 15 is 0 Å². The van der Waals surface area contributed by atoms with Gasteiger partial charge < -0.3 is 0 Å². The molecule has 0 unspecified atom stereocenters. The topological polar surface area (TPSA) is 89.3 Å². The van der Waals surface area contributed by atoms with Crippen molar-refractivity contribution in [3.8, 4) is 0 Å². The standard InChI is InChI=1S/C11H12ClFN2O4S/c1-6-4-9(13)10(15(16)17)8(3)11(6)20(18,19)14-5-7(2)12/h4,14H,2,5H2,1,3H3. The summed E-state index contributed by atoms with van der Waals surface area (Å²) < 4.78 is 39.9. The summed E-state index contributed by atoms with van der Waals surface area (Å²) in [6.07, 6.45) is 0. The fourth-order valence-corrected chi connectivity index (χ4v) is 3.43. The number of nitrogens with one attached hydrogen (secondary N) is 1. The van der Waals surface area contributed by atoms with Gasteiger partial charge in [-0.1, -0.05) is 18.2 Å². The van der Waals surface area contributed by atoms with E-state index in [1.807, 2.05) is 0 Å². The van der Waals surface area contributed by atoms with Crippen LogP contribution < -0.4 is 4.72 Å².